The summed E-state index contributed by atoms with van der Waals surface area (Å²) in [6.45, 7) is 0. The summed E-state index contributed by atoms with van der Waals surface area (Å²) in [5.41, 5.74) is 3.26. The molecular weight excluding hydrogens is 236 g/mol. The predicted molar refractivity (Wildman–Crippen MR) is 74.3 cm³/mol. The third-order valence-electron chi connectivity index (χ3n) is 3.75. The average molecular weight is 252 g/mol. The molecule has 0 N–H and O–H groups in total. The Labute approximate surface area is 113 Å². The van der Waals surface area contributed by atoms with Gasteiger partial charge in [0.2, 0.25) is 0 Å². The Morgan fingerprint density at radius 1 is 1.00 bits per heavy atom. The first-order valence-corrected chi connectivity index (χ1v) is 6.53. The number of benzene rings is 2. The Balaban J connectivity index is 1.80. The highest BCUT2D eigenvalue weighted by Gasteiger charge is 2.39. The van der Waals surface area contributed by atoms with E-state index < -0.39 is 0 Å². The van der Waals surface area contributed by atoms with Gasteiger partial charge in [-0.3, -0.25) is 0 Å². The monoisotopic (exact) mass is 252 g/mol. The highest BCUT2D eigenvalue weighted by atomic mass is 16.5. The maximum absolute atomic E-state index is 11.5. The summed E-state index contributed by atoms with van der Waals surface area (Å²) in [6, 6.07) is 18.3. The smallest absolute Gasteiger partial charge is 0.337 e. The van der Waals surface area contributed by atoms with E-state index in [0.717, 1.165) is 6.42 Å². The van der Waals surface area contributed by atoms with Crippen LogP contribution in [0.1, 0.15) is 39.7 Å². The maximum atomic E-state index is 11.5. The van der Waals surface area contributed by atoms with Gasteiger partial charge in [-0.05, 0) is 41.5 Å². The molecule has 0 spiro atoms. The minimum Gasteiger partial charge on any atom is -0.465 e. The van der Waals surface area contributed by atoms with Crippen LogP contribution in [0.25, 0.3) is 0 Å². The van der Waals surface area contributed by atoms with Crippen LogP contribution in [-0.2, 0) is 4.74 Å². The summed E-state index contributed by atoms with van der Waals surface area (Å²) in [4.78, 5) is 11.5. The molecule has 3 rings (SSSR count). The van der Waals surface area contributed by atoms with Crippen LogP contribution in [0.3, 0.4) is 0 Å². The first-order chi connectivity index (χ1) is 9.29. The number of rotatable bonds is 3. The molecule has 2 aromatic carbocycles. The molecule has 2 atom stereocenters. The number of methoxy groups -OCH3 is 1. The van der Waals surface area contributed by atoms with Crippen molar-refractivity contribution in [3.63, 3.8) is 0 Å². The Kier molecular flexibility index (Phi) is 3.08. The third kappa shape index (κ3) is 2.39. The Morgan fingerprint density at radius 2 is 1.68 bits per heavy atom. The quantitative estimate of drug-likeness (QED) is 0.778. The molecule has 19 heavy (non-hydrogen) atoms. The van der Waals surface area contributed by atoms with Gasteiger partial charge in [-0.2, -0.15) is 0 Å². The first-order valence-electron chi connectivity index (χ1n) is 6.53. The molecule has 0 saturated heterocycles. The van der Waals surface area contributed by atoms with E-state index >= 15 is 0 Å². The van der Waals surface area contributed by atoms with Crippen LogP contribution in [-0.4, -0.2) is 13.1 Å². The third-order valence-corrected chi connectivity index (χ3v) is 3.75. The number of carbonyl (C=O) groups is 1. The Morgan fingerprint density at radius 3 is 2.42 bits per heavy atom. The second kappa shape index (κ2) is 4.88. The van der Waals surface area contributed by atoms with Gasteiger partial charge in [0.15, 0.2) is 0 Å². The van der Waals surface area contributed by atoms with Crippen LogP contribution < -0.4 is 0 Å². The zero-order valence-electron chi connectivity index (χ0n) is 10.9. The topological polar surface area (TPSA) is 26.3 Å². The summed E-state index contributed by atoms with van der Waals surface area (Å²) in [6.07, 6.45) is 1.16. The number of hydrogen-bond donors (Lipinski definition) is 0. The molecule has 1 aliphatic rings. The lowest BCUT2D eigenvalue weighted by molar-refractivity contribution is 0.0600. The lowest BCUT2D eigenvalue weighted by Crippen LogP contribution is -2.01. The molecule has 0 aromatic heterocycles. The molecule has 1 aliphatic carbocycles. The number of hydrogen-bond acceptors (Lipinski definition) is 2. The zero-order valence-corrected chi connectivity index (χ0v) is 10.9. The summed E-state index contributed by atoms with van der Waals surface area (Å²) in [5.74, 6) is 0.861. The van der Waals surface area contributed by atoms with Gasteiger partial charge in [0.25, 0.3) is 0 Å². The maximum Gasteiger partial charge on any atom is 0.337 e. The molecular formula is C17H16O2. The fraction of sp³-hybridized carbons (Fsp3) is 0.235. The molecule has 1 fully saturated rings. The molecule has 0 aliphatic heterocycles. The summed E-state index contributed by atoms with van der Waals surface area (Å²) < 4.78 is 4.76. The van der Waals surface area contributed by atoms with Crippen molar-refractivity contribution in [2.75, 3.05) is 7.11 Å². The largest absolute Gasteiger partial charge is 0.465 e. The Bertz CT molecular complexity index is 589. The summed E-state index contributed by atoms with van der Waals surface area (Å²) >= 11 is 0. The van der Waals surface area contributed by atoms with Gasteiger partial charge < -0.3 is 4.74 Å². The molecule has 2 nitrogen and oxygen atoms in total. The molecule has 96 valence electrons. The molecule has 0 unspecified atom stereocenters. The van der Waals surface area contributed by atoms with Gasteiger partial charge in [0.1, 0.15) is 0 Å². The van der Waals surface area contributed by atoms with E-state index in [2.05, 4.69) is 30.3 Å². The van der Waals surface area contributed by atoms with Crippen LogP contribution >= 0.6 is 0 Å². The first kappa shape index (κ1) is 12.0. The van der Waals surface area contributed by atoms with Crippen molar-refractivity contribution < 1.29 is 9.53 Å². The molecule has 0 bridgehead atoms. The van der Waals surface area contributed by atoms with E-state index in [0.29, 0.717) is 17.4 Å². The number of carbonyl (C=O) groups excluding carboxylic acids is 1. The van der Waals surface area contributed by atoms with E-state index in [1.165, 1.54) is 18.2 Å². The minimum atomic E-state index is -0.265. The fourth-order valence-electron chi connectivity index (χ4n) is 2.65. The fourth-order valence-corrected chi connectivity index (χ4v) is 2.65. The molecule has 1 saturated carbocycles. The Hall–Kier alpha value is -2.09. The van der Waals surface area contributed by atoms with Gasteiger partial charge in [-0.15, -0.1) is 0 Å². The van der Waals surface area contributed by atoms with Gasteiger partial charge in [0, 0.05) is 0 Å². The van der Waals surface area contributed by atoms with E-state index in [4.69, 9.17) is 4.74 Å². The second-order valence-corrected chi connectivity index (χ2v) is 4.98. The molecule has 2 heteroatoms. The van der Waals surface area contributed by atoms with Gasteiger partial charge in [-0.25, -0.2) is 4.79 Å². The van der Waals surface area contributed by atoms with Gasteiger partial charge >= 0.3 is 5.97 Å². The highest BCUT2D eigenvalue weighted by Crippen LogP contribution is 2.54. The molecule has 2 aromatic rings. The normalized spacial score (nSPS) is 20.9. The molecule has 0 amide bonds. The summed E-state index contributed by atoms with van der Waals surface area (Å²) in [5, 5.41) is 0. The predicted octanol–water partition coefficient (Wildman–Crippen LogP) is 3.74. The van der Waals surface area contributed by atoms with Crippen molar-refractivity contribution >= 4 is 5.97 Å². The van der Waals surface area contributed by atoms with Crippen molar-refractivity contribution in [2.24, 2.45) is 0 Å². The van der Waals surface area contributed by atoms with Crippen molar-refractivity contribution in [2.45, 2.75) is 18.3 Å². The van der Waals surface area contributed by atoms with Crippen LogP contribution in [0, 0.1) is 0 Å². The van der Waals surface area contributed by atoms with Crippen molar-refractivity contribution in [1.82, 2.24) is 0 Å². The standard InChI is InChI=1S/C17H16O2/c1-19-17(18)14-9-5-8-13(10-14)16-11-15(16)12-6-3-2-4-7-12/h2-10,15-16H,11H2,1H3/t15-,16+/m1/s1. The average Bonchev–Trinajstić information content (AvgIpc) is 3.28. The van der Waals surface area contributed by atoms with E-state index in [1.807, 2.05) is 18.2 Å². The van der Waals surface area contributed by atoms with Crippen LogP contribution in [0.2, 0.25) is 0 Å². The van der Waals surface area contributed by atoms with Crippen molar-refractivity contribution in [3.8, 4) is 0 Å². The van der Waals surface area contributed by atoms with Crippen LogP contribution in [0.4, 0.5) is 0 Å². The zero-order chi connectivity index (χ0) is 13.2. The lowest BCUT2D eigenvalue weighted by atomic mass is 10.0. The van der Waals surface area contributed by atoms with Gasteiger partial charge in [-0.1, -0.05) is 42.5 Å². The highest BCUT2D eigenvalue weighted by molar-refractivity contribution is 5.89. The van der Waals surface area contributed by atoms with E-state index in [9.17, 15) is 4.79 Å². The second-order valence-electron chi connectivity index (χ2n) is 4.98. The molecule has 0 heterocycles. The minimum absolute atomic E-state index is 0.265. The van der Waals surface area contributed by atoms with E-state index in [1.54, 1.807) is 6.07 Å². The molecule has 0 radical (unpaired) electrons. The van der Waals surface area contributed by atoms with Crippen LogP contribution in [0.15, 0.2) is 54.6 Å². The number of esters is 1. The van der Waals surface area contributed by atoms with Gasteiger partial charge in [0.05, 0.1) is 12.7 Å². The SMILES string of the molecule is COC(=O)c1cccc([C@@H]2C[C@@H]2c2ccccc2)c1. The van der Waals surface area contributed by atoms with Crippen molar-refractivity contribution in [1.29, 1.82) is 0 Å². The number of ether oxygens (including phenoxy) is 1. The van der Waals surface area contributed by atoms with Crippen molar-refractivity contribution in [3.05, 3.63) is 71.3 Å². The van der Waals surface area contributed by atoms with E-state index in [-0.39, 0.29) is 5.97 Å². The summed E-state index contributed by atoms with van der Waals surface area (Å²) in [7, 11) is 1.42. The van der Waals surface area contributed by atoms with Crippen LogP contribution in [0.5, 0.6) is 0 Å². The lowest BCUT2D eigenvalue weighted by Gasteiger charge is -2.04.